The minimum absolute atomic E-state index is 0.941. The lowest BCUT2D eigenvalue weighted by molar-refractivity contribution is 0.487. The summed E-state index contributed by atoms with van der Waals surface area (Å²) in [5.41, 5.74) is 7.12. The molecule has 0 amide bonds. The molecule has 8 aromatic carbocycles. The van der Waals surface area contributed by atoms with Gasteiger partial charge in [0.25, 0.3) is 0 Å². The lowest BCUT2D eigenvalue weighted by atomic mass is 10.1. The molecule has 0 bridgehead atoms. The monoisotopic (exact) mass is 680 g/mol. The van der Waals surface area contributed by atoms with E-state index in [-0.39, 0.29) is 0 Å². The summed E-state index contributed by atoms with van der Waals surface area (Å²) < 4.78 is 11.6. The smallest absolute Gasteiger partial charge is 0.188 e. The van der Waals surface area contributed by atoms with Crippen molar-refractivity contribution in [3.63, 3.8) is 0 Å². The molecule has 0 spiro atoms. The highest BCUT2D eigenvalue weighted by Crippen LogP contribution is 2.40. The van der Waals surface area contributed by atoms with Gasteiger partial charge >= 0.3 is 0 Å². The van der Waals surface area contributed by atoms with E-state index in [2.05, 4.69) is 203 Å². The summed E-state index contributed by atoms with van der Waals surface area (Å²) in [6.07, 6.45) is 0. The predicted molar refractivity (Wildman–Crippen MR) is 219 cm³/mol. The zero-order valence-corrected chi connectivity index (χ0v) is 29.3. The number of fused-ring (bicyclic) bond motifs is 8. The van der Waals surface area contributed by atoms with Crippen LogP contribution in [-0.2, 0) is 0 Å². The minimum atomic E-state index is -2.85. The average molecular weight is 681 g/mol. The number of para-hydroxylation sites is 5. The van der Waals surface area contributed by atoms with Gasteiger partial charge in [0.15, 0.2) is 8.07 Å². The number of nitrogens with zero attached hydrogens (tertiary/aromatic N) is 2. The van der Waals surface area contributed by atoms with Crippen LogP contribution in [0.5, 0.6) is 11.5 Å². The summed E-state index contributed by atoms with van der Waals surface area (Å²) in [5.74, 6) is 1.88. The Morgan fingerprint density at radius 2 is 0.923 bits per heavy atom. The van der Waals surface area contributed by atoms with Crippen LogP contribution in [0.3, 0.4) is 0 Å². The van der Waals surface area contributed by atoms with E-state index in [9.17, 15) is 0 Å². The Morgan fingerprint density at radius 1 is 0.365 bits per heavy atom. The lowest BCUT2D eigenvalue weighted by Gasteiger charge is -2.39. The third kappa shape index (κ3) is 3.95. The number of benzene rings is 8. The van der Waals surface area contributed by atoms with Gasteiger partial charge in [0.1, 0.15) is 11.5 Å². The second-order valence-electron chi connectivity index (χ2n) is 13.7. The fraction of sp³-hybridized carbons (Fsp3) is 0. The second kappa shape index (κ2) is 11.2. The number of aromatic nitrogens is 2. The maximum atomic E-state index is 6.66. The normalized spacial score (nSPS) is 13.3. The molecule has 0 fully saturated rings. The van der Waals surface area contributed by atoms with E-state index in [1.165, 1.54) is 70.0 Å². The van der Waals surface area contributed by atoms with Crippen molar-refractivity contribution in [1.29, 1.82) is 0 Å². The minimum Gasteiger partial charge on any atom is -0.458 e. The Hall–Kier alpha value is -6.62. The number of rotatable bonds is 4. The van der Waals surface area contributed by atoms with Crippen LogP contribution in [0.2, 0.25) is 0 Å². The van der Waals surface area contributed by atoms with E-state index in [0.29, 0.717) is 0 Å². The van der Waals surface area contributed by atoms with Crippen molar-refractivity contribution in [2.75, 3.05) is 0 Å². The summed E-state index contributed by atoms with van der Waals surface area (Å²) in [4.78, 5) is 0. The molecule has 0 saturated carbocycles. The van der Waals surface area contributed by atoms with Gasteiger partial charge < -0.3 is 13.9 Å². The van der Waals surface area contributed by atoms with Crippen molar-refractivity contribution in [1.82, 2.24) is 9.13 Å². The summed E-state index contributed by atoms with van der Waals surface area (Å²) in [5, 5.41) is 10.2. The fourth-order valence-corrected chi connectivity index (χ4v) is 13.9. The number of hydrogen-bond acceptors (Lipinski definition) is 1. The molecule has 3 nitrogen and oxygen atoms in total. The molecule has 0 saturated heterocycles. The van der Waals surface area contributed by atoms with Crippen molar-refractivity contribution in [2.45, 2.75) is 0 Å². The van der Waals surface area contributed by atoms with E-state index in [0.717, 1.165) is 17.2 Å². The van der Waals surface area contributed by atoms with Crippen molar-refractivity contribution >= 4 is 72.4 Å². The first kappa shape index (κ1) is 29.1. The van der Waals surface area contributed by atoms with Gasteiger partial charge in [-0.25, -0.2) is 0 Å². The summed E-state index contributed by atoms with van der Waals surface area (Å²) in [6, 6.07) is 70.9. The van der Waals surface area contributed by atoms with Gasteiger partial charge in [-0.05, 0) is 75.3 Å². The van der Waals surface area contributed by atoms with Crippen LogP contribution in [0, 0.1) is 0 Å². The van der Waals surface area contributed by atoms with Gasteiger partial charge in [0.2, 0.25) is 0 Å². The van der Waals surface area contributed by atoms with Gasteiger partial charge in [-0.3, -0.25) is 0 Å². The molecule has 0 N–H and O–H groups in total. The van der Waals surface area contributed by atoms with E-state index < -0.39 is 8.07 Å². The van der Waals surface area contributed by atoms with E-state index in [1.54, 1.807) is 0 Å². The Labute approximate surface area is 302 Å². The molecule has 2 aromatic heterocycles. The topological polar surface area (TPSA) is 19.1 Å². The van der Waals surface area contributed by atoms with Gasteiger partial charge in [-0.15, -0.1) is 0 Å². The summed E-state index contributed by atoms with van der Waals surface area (Å²) in [7, 11) is -2.85. The fourth-order valence-electron chi connectivity index (χ4n) is 8.98. The van der Waals surface area contributed by atoms with E-state index in [4.69, 9.17) is 4.74 Å². The molecule has 52 heavy (non-hydrogen) atoms. The molecule has 4 heteroatoms. The van der Waals surface area contributed by atoms with Crippen LogP contribution in [0.4, 0.5) is 0 Å². The van der Waals surface area contributed by atoms with Gasteiger partial charge in [-0.2, -0.15) is 0 Å². The molecule has 0 aliphatic carbocycles. The van der Waals surface area contributed by atoms with Crippen LogP contribution in [0.15, 0.2) is 194 Å². The Morgan fingerprint density at radius 3 is 1.65 bits per heavy atom. The maximum absolute atomic E-state index is 6.66. The van der Waals surface area contributed by atoms with Crippen molar-refractivity contribution in [3.8, 4) is 22.9 Å². The molecule has 1 aliphatic rings. The lowest BCUT2D eigenvalue weighted by Crippen LogP contribution is -2.76. The Kier molecular flexibility index (Phi) is 6.27. The standard InChI is InChI=1S/C48H32N2OSi/c1-3-16-33(17-4-1)49-40-23-10-8-21-38(40)48-41(49)24-15-25-42(48)50-39-22-9-7-20-36(39)37-31-30-35(32-43(37)50)52(34-18-5-2-6-19-34)46-28-13-11-26-44(46)51-45-27-12-14-29-47(45)52/h1-32H. The van der Waals surface area contributed by atoms with E-state index >= 15 is 0 Å². The molecule has 244 valence electrons. The van der Waals surface area contributed by atoms with Crippen LogP contribution in [0.25, 0.3) is 55.0 Å². The third-order valence-electron chi connectivity index (χ3n) is 11.0. The molecule has 10 aromatic rings. The quantitative estimate of drug-likeness (QED) is 0.170. The Balaban J connectivity index is 1.28. The van der Waals surface area contributed by atoms with Crippen molar-refractivity contribution in [2.24, 2.45) is 0 Å². The SMILES string of the molecule is c1ccc(-n2c3ccccc3c3c(-n4c5ccccc5c5ccc([Si]6(c7ccccc7)c7ccccc7Oc7ccccc76)cc54)cccc32)cc1. The van der Waals surface area contributed by atoms with Crippen LogP contribution >= 0.6 is 0 Å². The molecule has 1 aliphatic heterocycles. The maximum Gasteiger partial charge on any atom is 0.188 e. The van der Waals surface area contributed by atoms with Crippen molar-refractivity contribution in [3.05, 3.63) is 194 Å². The highest BCUT2D eigenvalue weighted by molar-refractivity contribution is 7.20. The van der Waals surface area contributed by atoms with Crippen LogP contribution in [0.1, 0.15) is 0 Å². The number of hydrogen-bond donors (Lipinski definition) is 0. The zero-order valence-electron chi connectivity index (χ0n) is 28.3. The highest BCUT2D eigenvalue weighted by Gasteiger charge is 2.48. The molecule has 3 heterocycles. The molecular weight excluding hydrogens is 649 g/mol. The van der Waals surface area contributed by atoms with Crippen LogP contribution in [-0.4, -0.2) is 17.2 Å². The average Bonchev–Trinajstić information content (AvgIpc) is 3.73. The van der Waals surface area contributed by atoms with Crippen molar-refractivity contribution < 1.29 is 4.74 Å². The largest absolute Gasteiger partial charge is 0.458 e. The van der Waals surface area contributed by atoms with Gasteiger partial charge in [-0.1, -0.05) is 140 Å². The van der Waals surface area contributed by atoms with Gasteiger partial charge in [0, 0.05) is 27.2 Å². The summed E-state index contributed by atoms with van der Waals surface area (Å²) >= 11 is 0. The molecule has 0 unspecified atom stereocenters. The van der Waals surface area contributed by atoms with E-state index in [1.807, 2.05) is 0 Å². The molecule has 0 radical (unpaired) electrons. The first-order chi connectivity index (χ1) is 25.8. The molecule has 11 rings (SSSR count). The first-order valence-electron chi connectivity index (χ1n) is 17.9. The second-order valence-corrected chi connectivity index (χ2v) is 17.4. The predicted octanol–water partition coefficient (Wildman–Crippen LogP) is 9.36. The molecule has 0 atom stereocenters. The van der Waals surface area contributed by atoms with Gasteiger partial charge in [0.05, 0.1) is 27.8 Å². The summed E-state index contributed by atoms with van der Waals surface area (Å²) in [6.45, 7) is 0. The Bertz CT molecular complexity index is 2950. The van der Waals surface area contributed by atoms with Crippen LogP contribution < -0.4 is 25.5 Å². The molecular formula is C48H32N2OSi. The number of ether oxygens (including phenoxy) is 1. The zero-order chi connectivity index (χ0) is 34.2. The third-order valence-corrected chi connectivity index (χ3v) is 15.9. The first-order valence-corrected chi connectivity index (χ1v) is 19.9. The highest BCUT2D eigenvalue weighted by atomic mass is 28.3.